The highest BCUT2D eigenvalue weighted by molar-refractivity contribution is 5.97. The third-order valence-electron chi connectivity index (χ3n) is 3.47. The molecule has 1 unspecified atom stereocenters. The Labute approximate surface area is 110 Å². The lowest BCUT2D eigenvalue weighted by Gasteiger charge is -2.31. The van der Waals surface area contributed by atoms with Crippen LogP contribution >= 0.6 is 0 Å². The molecule has 0 amide bonds. The number of hydrogen-bond acceptors (Lipinski definition) is 3. The Morgan fingerprint density at radius 3 is 2.84 bits per heavy atom. The van der Waals surface area contributed by atoms with Crippen LogP contribution in [0.3, 0.4) is 0 Å². The summed E-state index contributed by atoms with van der Waals surface area (Å²) in [7, 11) is 0. The molecule has 1 aromatic rings. The van der Waals surface area contributed by atoms with Crippen LogP contribution in [0.4, 0.5) is 8.78 Å². The van der Waals surface area contributed by atoms with Gasteiger partial charge in [-0.15, -0.1) is 0 Å². The van der Waals surface area contributed by atoms with Crippen molar-refractivity contribution < 1.29 is 18.7 Å². The summed E-state index contributed by atoms with van der Waals surface area (Å²) >= 11 is 0. The molecule has 1 fully saturated rings. The summed E-state index contributed by atoms with van der Waals surface area (Å²) in [6.07, 6.45) is 1.91. The van der Waals surface area contributed by atoms with Crippen molar-refractivity contribution in [1.82, 2.24) is 4.90 Å². The van der Waals surface area contributed by atoms with Gasteiger partial charge in [-0.3, -0.25) is 9.69 Å². The number of likely N-dealkylation sites (tertiary alicyclic amines) is 1. The fourth-order valence-corrected chi connectivity index (χ4v) is 2.41. The van der Waals surface area contributed by atoms with Gasteiger partial charge < -0.3 is 5.11 Å². The molecule has 1 heterocycles. The van der Waals surface area contributed by atoms with Crippen LogP contribution in [0.5, 0.6) is 0 Å². The molecular weight excluding hydrogens is 252 g/mol. The molecule has 104 valence electrons. The van der Waals surface area contributed by atoms with Crippen LogP contribution in [-0.2, 0) is 0 Å². The first-order valence-electron chi connectivity index (χ1n) is 6.41. The molecule has 0 aromatic heterocycles. The number of ketones is 1. The summed E-state index contributed by atoms with van der Waals surface area (Å²) in [5.41, 5.74) is 0.185. The minimum absolute atomic E-state index is 0.121. The Balaban J connectivity index is 1.98. The Morgan fingerprint density at radius 2 is 2.16 bits per heavy atom. The largest absolute Gasteiger partial charge is 0.396 e. The molecule has 0 aliphatic carbocycles. The monoisotopic (exact) mass is 269 g/mol. The predicted octanol–water partition coefficient (Wildman–Crippen LogP) is 1.85. The summed E-state index contributed by atoms with van der Waals surface area (Å²) in [6, 6.07) is 3.20. The highest BCUT2D eigenvalue weighted by Crippen LogP contribution is 2.16. The SMILES string of the molecule is O=C(CN1CCCC(CO)C1)c1ccc(F)c(F)c1. The van der Waals surface area contributed by atoms with Gasteiger partial charge in [0.25, 0.3) is 0 Å². The first-order chi connectivity index (χ1) is 9.10. The van der Waals surface area contributed by atoms with Crippen molar-refractivity contribution in [2.75, 3.05) is 26.2 Å². The first kappa shape index (κ1) is 14.1. The Bertz CT molecular complexity index is 465. The van der Waals surface area contributed by atoms with E-state index in [4.69, 9.17) is 5.11 Å². The molecule has 0 radical (unpaired) electrons. The van der Waals surface area contributed by atoms with Crippen LogP contribution in [0, 0.1) is 17.6 Å². The van der Waals surface area contributed by atoms with E-state index in [1.807, 2.05) is 4.90 Å². The van der Waals surface area contributed by atoms with E-state index in [-0.39, 0.29) is 30.4 Å². The third kappa shape index (κ3) is 3.58. The smallest absolute Gasteiger partial charge is 0.176 e. The molecule has 2 rings (SSSR count). The number of hydrogen-bond donors (Lipinski definition) is 1. The topological polar surface area (TPSA) is 40.5 Å². The van der Waals surface area contributed by atoms with E-state index in [9.17, 15) is 13.6 Å². The van der Waals surface area contributed by atoms with Crippen LogP contribution in [0.1, 0.15) is 23.2 Å². The summed E-state index contributed by atoms with van der Waals surface area (Å²) in [4.78, 5) is 13.9. The number of carbonyl (C=O) groups is 1. The summed E-state index contributed by atoms with van der Waals surface area (Å²) in [5.74, 6) is -1.98. The average molecular weight is 269 g/mol. The lowest BCUT2D eigenvalue weighted by atomic mass is 9.98. The first-order valence-corrected chi connectivity index (χ1v) is 6.41. The van der Waals surface area contributed by atoms with E-state index in [0.29, 0.717) is 6.54 Å². The quantitative estimate of drug-likeness (QED) is 0.848. The molecule has 0 saturated carbocycles. The van der Waals surface area contributed by atoms with E-state index >= 15 is 0 Å². The molecule has 1 saturated heterocycles. The van der Waals surface area contributed by atoms with Gasteiger partial charge in [-0.05, 0) is 43.5 Å². The summed E-state index contributed by atoms with van der Waals surface area (Å²) in [5, 5.41) is 9.12. The number of piperidine rings is 1. The minimum Gasteiger partial charge on any atom is -0.396 e. The molecular formula is C14H17F2NO2. The third-order valence-corrected chi connectivity index (χ3v) is 3.47. The molecule has 1 N–H and O–H groups in total. The average Bonchev–Trinajstić information content (AvgIpc) is 2.42. The van der Waals surface area contributed by atoms with E-state index in [1.54, 1.807) is 0 Å². The van der Waals surface area contributed by atoms with E-state index in [0.717, 1.165) is 31.5 Å². The van der Waals surface area contributed by atoms with Crippen LogP contribution in [0.15, 0.2) is 18.2 Å². The van der Waals surface area contributed by atoms with Gasteiger partial charge in [0, 0.05) is 18.7 Å². The lowest BCUT2D eigenvalue weighted by Crippen LogP contribution is -2.39. The standard InChI is InChI=1S/C14H17F2NO2/c15-12-4-3-11(6-13(12)16)14(19)8-17-5-1-2-10(7-17)9-18/h3-4,6,10,18H,1-2,5,7-9H2. The maximum Gasteiger partial charge on any atom is 0.176 e. The van der Waals surface area contributed by atoms with Crippen LogP contribution < -0.4 is 0 Å². The second kappa shape index (κ2) is 6.21. The van der Waals surface area contributed by atoms with Gasteiger partial charge in [0.2, 0.25) is 0 Å². The number of carbonyl (C=O) groups excluding carboxylic acids is 1. The van der Waals surface area contributed by atoms with Gasteiger partial charge >= 0.3 is 0 Å². The number of rotatable bonds is 4. The molecule has 1 aliphatic rings. The zero-order valence-corrected chi connectivity index (χ0v) is 10.6. The van der Waals surface area contributed by atoms with Crippen molar-refractivity contribution in [3.63, 3.8) is 0 Å². The number of aliphatic hydroxyl groups is 1. The van der Waals surface area contributed by atoms with Crippen molar-refractivity contribution in [1.29, 1.82) is 0 Å². The van der Waals surface area contributed by atoms with Crippen molar-refractivity contribution in [2.45, 2.75) is 12.8 Å². The molecule has 5 heteroatoms. The maximum absolute atomic E-state index is 13.1. The van der Waals surface area contributed by atoms with Crippen LogP contribution in [0.25, 0.3) is 0 Å². The maximum atomic E-state index is 13.1. The molecule has 0 bridgehead atoms. The predicted molar refractivity (Wildman–Crippen MR) is 66.9 cm³/mol. The summed E-state index contributed by atoms with van der Waals surface area (Å²) in [6.45, 7) is 1.77. The van der Waals surface area contributed by atoms with E-state index in [2.05, 4.69) is 0 Å². The Hall–Kier alpha value is -1.33. The van der Waals surface area contributed by atoms with Crippen molar-refractivity contribution in [3.05, 3.63) is 35.4 Å². The number of nitrogens with zero attached hydrogens (tertiary/aromatic N) is 1. The highest BCUT2D eigenvalue weighted by atomic mass is 19.2. The number of aliphatic hydroxyl groups excluding tert-OH is 1. The summed E-state index contributed by atoms with van der Waals surface area (Å²) < 4.78 is 25.9. The second-order valence-electron chi connectivity index (χ2n) is 4.98. The lowest BCUT2D eigenvalue weighted by molar-refractivity contribution is 0.0833. The van der Waals surface area contributed by atoms with Gasteiger partial charge in [0.1, 0.15) is 0 Å². The molecule has 1 aliphatic heterocycles. The molecule has 19 heavy (non-hydrogen) atoms. The molecule has 1 atom stereocenters. The Kier molecular flexibility index (Phi) is 4.61. The zero-order valence-electron chi connectivity index (χ0n) is 10.6. The van der Waals surface area contributed by atoms with E-state index in [1.165, 1.54) is 6.07 Å². The fraction of sp³-hybridized carbons (Fsp3) is 0.500. The number of halogens is 2. The molecule has 3 nitrogen and oxygen atoms in total. The Morgan fingerprint density at radius 1 is 1.37 bits per heavy atom. The minimum atomic E-state index is -1.00. The van der Waals surface area contributed by atoms with Gasteiger partial charge in [0.05, 0.1) is 6.54 Å². The fourth-order valence-electron chi connectivity index (χ4n) is 2.41. The number of benzene rings is 1. The zero-order chi connectivity index (χ0) is 13.8. The number of Topliss-reactive ketones (excluding diaryl/α,β-unsaturated/α-hetero) is 1. The van der Waals surface area contributed by atoms with E-state index < -0.39 is 11.6 Å². The van der Waals surface area contributed by atoms with Gasteiger partial charge in [0.15, 0.2) is 17.4 Å². The second-order valence-corrected chi connectivity index (χ2v) is 4.98. The van der Waals surface area contributed by atoms with Gasteiger partial charge in [-0.1, -0.05) is 0 Å². The molecule has 0 spiro atoms. The van der Waals surface area contributed by atoms with Gasteiger partial charge in [-0.2, -0.15) is 0 Å². The van der Waals surface area contributed by atoms with Crippen LogP contribution in [-0.4, -0.2) is 42.0 Å². The highest BCUT2D eigenvalue weighted by Gasteiger charge is 2.21. The normalized spacial score (nSPS) is 20.5. The van der Waals surface area contributed by atoms with Crippen molar-refractivity contribution in [3.8, 4) is 0 Å². The molecule has 1 aromatic carbocycles. The van der Waals surface area contributed by atoms with Crippen LogP contribution in [0.2, 0.25) is 0 Å². The van der Waals surface area contributed by atoms with Gasteiger partial charge in [-0.25, -0.2) is 8.78 Å². The van der Waals surface area contributed by atoms with Crippen molar-refractivity contribution >= 4 is 5.78 Å². The van der Waals surface area contributed by atoms with Crippen molar-refractivity contribution in [2.24, 2.45) is 5.92 Å².